The lowest BCUT2D eigenvalue weighted by molar-refractivity contribution is 0.0677. The highest BCUT2D eigenvalue weighted by atomic mass is 32.2. The number of amides is 2. The van der Waals surface area contributed by atoms with E-state index in [9.17, 15) is 13.2 Å². The second-order valence-electron chi connectivity index (χ2n) is 6.59. The number of hydrogen-bond acceptors (Lipinski definition) is 5. The van der Waals surface area contributed by atoms with E-state index in [1.54, 1.807) is 7.11 Å². The molecule has 0 saturated heterocycles. The van der Waals surface area contributed by atoms with Crippen LogP contribution in [0.25, 0.3) is 0 Å². The van der Waals surface area contributed by atoms with Crippen molar-refractivity contribution in [3.05, 3.63) is 23.8 Å². The minimum absolute atomic E-state index is 0.135. The van der Waals surface area contributed by atoms with Gasteiger partial charge in [0.1, 0.15) is 17.1 Å². The molecule has 3 N–H and O–H groups in total. The summed E-state index contributed by atoms with van der Waals surface area (Å²) < 4.78 is 35.5. The average molecular weight is 371 g/mol. The van der Waals surface area contributed by atoms with Crippen molar-refractivity contribution in [2.24, 2.45) is 0 Å². The number of methoxy groups -OCH3 is 1. The molecule has 1 atom stereocenters. The summed E-state index contributed by atoms with van der Waals surface area (Å²) in [6.07, 6.45) is 1.67. The van der Waals surface area contributed by atoms with Gasteiger partial charge < -0.3 is 20.1 Å². The molecular formula is C16H25N3O5S. The van der Waals surface area contributed by atoms with E-state index in [1.165, 1.54) is 0 Å². The number of benzene rings is 1. The number of urea groups is 1. The second-order valence-corrected chi connectivity index (χ2v) is 8.42. The Morgan fingerprint density at radius 2 is 2.08 bits per heavy atom. The van der Waals surface area contributed by atoms with E-state index in [1.807, 2.05) is 32.0 Å². The van der Waals surface area contributed by atoms with Crippen LogP contribution in [-0.2, 0) is 10.0 Å². The first kappa shape index (κ1) is 19.3. The molecule has 1 aliphatic rings. The van der Waals surface area contributed by atoms with Gasteiger partial charge in [-0.1, -0.05) is 0 Å². The molecule has 1 aromatic rings. The highest BCUT2D eigenvalue weighted by Gasteiger charge is 2.34. The number of carbonyl (C=O) groups excluding carboxylic acids is 1. The zero-order chi connectivity index (χ0) is 18.7. The van der Waals surface area contributed by atoms with Gasteiger partial charge in [0.25, 0.3) is 0 Å². The van der Waals surface area contributed by atoms with E-state index < -0.39 is 15.6 Å². The van der Waals surface area contributed by atoms with Gasteiger partial charge in [-0.15, -0.1) is 0 Å². The molecule has 140 valence electrons. The van der Waals surface area contributed by atoms with Crippen LogP contribution in [0.5, 0.6) is 11.5 Å². The molecule has 0 spiro atoms. The number of hydrogen-bond donors (Lipinski definition) is 3. The first-order chi connectivity index (χ1) is 11.6. The van der Waals surface area contributed by atoms with Crippen molar-refractivity contribution < 1.29 is 22.7 Å². The van der Waals surface area contributed by atoms with Crippen molar-refractivity contribution in [1.29, 1.82) is 0 Å². The quantitative estimate of drug-likeness (QED) is 0.651. The Morgan fingerprint density at radius 1 is 1.36 bits per heavy atom. The van der Waals surface area contributed by atoms with Gasteiger partial charge >= 0.3 is 6.03 Å². The molecule has 0 aliphatic carbocycles. The fraction of sp³-hybridized carbons (Fsp3) is 0.562. The van der Waals surface area contributed by atoms with Gasteiger partial charge in [0, 0.05) is 25.1 Å². The van der Waals surface area contributed by atoms with Crippen molar-refractivity contribution in [2.75, 3.05) is 26.5 Å². The molecule has 2 rings (SSSR count). The topological polar surface area (TPSA) is 106 Å². The number of rotatable bonds is 6. The molecule has 0 radical (unpaired) electrons. The molecule has 0 saturated carbocycles. The van der Waals surface area contributed by atoms with Gasteiger partial charge in [-0.05, 0) is 32.0 Å². The number of nitrogens with one attached hydrogen (secondary N) is 3. The molecular weight excluding hydrogens is 346 g/mol. The highest BCUT2D eigenvalue weighted by Crippen LogP contribution is 2.41. The van der Waals surface area contributed by atoms with E-state index in [0.717, 1.165) is 11.8 Å². The Hall–Kier alpha value is -2.00. The van der Waals surface area contributed by atoms with Gasteiger partial charge in [0.2, 0.25) is 10.0 Å². The predicted molar refractivity (Wildman–Crippen MR) is 94.4 cm³/mol. The van der Waals surface area contributed by atoms with Crippen LogP contribution in [-0.4, -0.2) is 46.5 Å². The lowest BCUT2D eigenvalue weighted by Crippen LogP contribution is -2.45. The zero-order valence-electron chi connectivity index (χ0n) is 14.9. The Kier molecular flexibility index (Phi) is 5.79. The lowest BCUT2D eigenvalue weighted by Gasteiger charge is -2.38. The molecule has 25 heavy (non-hydrogen) atoms. The molecule has 9 heteroatoms. The summed E-state index contributed by atoms with van der Waals surface area (Å²) >= 11 is 0. The normalized spacial score (nSPS) is 18.6. The first-order valence-electron chi connectivity index (χ1n) is 7.95. The summed E-state index contributed by atoms with van der Waals surface area (Å²) in [6, 6.07) is 4.88. The fourth-order valence-corrected chi connectivity index (χ4v) is 3.18. The molecule has 0 fully saturated rings. The number of sulfonamides is 1. The van der Waals surface area contributed by atoms with E-state index in [0.29, 0.717) is 17.9 Å². The van der Waals surface area contributed by atoms with Gasteiger partial charge in [-0.2, -0.15) is 0 Å². The minimum atomic E-state index is -3.26. The second kappa shape index (κ2) is 7.49. The third-order valence-corrected chi connectivity index (χ3v) is 4.48. The van der Waals surface area contributed by atoms with Crippen LogP contribution in [0.1, 0.15) is 31.9 Å². The molecule has 2 amide bonds. The van der Waals surface area contributed by atoms with Crippen LogP contribution in [0.4, 0.5) is 4.79 Å². The van der Waals surface area contributed by atoms with E-state index in [2.05, 4.69) is 15.4 Å². The van der Waals surface area contributed by atoms with Gasteiger partial charge in [-0.3, -0.25) is 0 Å². The van der Waals surface area contributed by atoms with E-state index >= 15 is 0 Å². The summed E-state index contributed by atoms with van der Waals surface area (Å²) in [6.45, 7) is 4.25. The maximum Gasteiger partial charge on any atom is 0.315 e. The molecule has 0 aromatic heterocycles. The SMILES string of the molecule is COc1ccc2c(c1)[C@@H](NC(=O)NCCNS(C)(=O)=O)CC(C)(C)O2. The van der Waals surface area contributed by atoms with Crippen molar-refractivity contribution in [2.45, 2.75) is 31.9 Å². The van der Waals surface area contributed by atoms with Crippen LogP contribution in [0, 0.1) is 0 Å². The molecule has 1 aromatic carbocycles. The van der Waals surface area contributed by atoms with Crippen molar-refractivity contribution >= 4 is 16.1 Å². The summed E-state index contributed by atoms with van der Waals surface area (Å²) in [4.78, 5) is 12.1. The van der Waals surface area contributed by atoms with Gasteiger partial charge in [0.05, 0.1) is 19.4 Å². The zero-order valence-corrected chi connectivity index (χ0v) is 15.7. The molecule has 1 heterocycles. The first-order valence-corrected chi connectivity index (χ1v) is 9.85. The number of ether oxygens (including phenoxy) is 2. The largest absolute Gasteiger partial charge is 0.497 e. The third kappa shape index (κ3) is 5.79. The predicted octanol–water partition coefficient (Wildman–Crippen LogP) is 1.15. The van der Waals surface area contributed by atoms with Crippen LogP contribution in [0.15, 0.2) is 18.2 Å². The fourth-order valence-electron chi connectivity index (χ4n) is 2.71. The smallest absolute Gasteiger partial charge is 0.315 e. The Labute approximate surface area is 148 Å². The maximum atomic E-state index is 12.1. The minimum Gasteiger partial charge on any atom is -0.497 e. The highest BCUT2D eigenvalue weighted by molar-refractivity contribution is 7.88. The summed E-state index contributed by atoms with van der Waals surface area (Å²) in [5, 5.41) is 5.56. The Bertz CT molecular complexity index is 733. The molecule has 8 nitrogen and oxygen atoms in total. The third-order valence-electron chi connectivity index (χ3n) is 3.75. The van der Waals surface area contributed by atoms with Crippen LogP contribution >= 0.6 is 0 Å². The monoisotopic (exact) mass is 371 g/mol. The van der Waals surface area contributed by atoms with Crippen molar-refractivity contribution in [1.82, 2.24) is 15.4 Å². The lowest BCUT2D eigenvalue weighted by atomic mass is 9.89. The number of fused-ring (bicyclic) bond motifs is 1. The molecule has 1 aliphatic heterocycles. The average Bonchev–Trinajstić information content (AvgIpc) is 2.49. The van der Waals surface area contributed by atoms with Crippen LogP contribution in [0.3, 0.4) is 0 Å². The van der Waals surface area contributed by atoms with Crippen LogP contribution < -0.4 is 24.8 Å². The molecule has 0 bridgehead atoms. The van der Waals surface area contributed by atoms with Gasteiger partial charge in [-0.25, -0.2) is 17.9 Å². The van der Waals surface area contributed by atoms with E-state index in [-0.39, 0.29) is 25.2 Å². The maximum absolute atomic E-state index is 12.1. The Balaban J connectivity index is 2.02. The van der Waals surface area contributed by atoms with Gasteiger partial charge in [0.15, 0.2) is 0 Å². The van der Waals surface area contributed by atoms with Crippen molar-refractivity contribution in [3.8, 4) is 11.5 Å². The summed E-state index contributed by atoms with van der Waals surface area (Å²) in [5.74, 6) is 1.40. The molecule has 0 unspecified atom stereocenters. The summed E-state index contributed by atoms with van der Waals surface area (Å²) in [5.41, 5.74) is 0.431. The Morgan fingerprint density at radius 3 is 2.72 bits per heavy atom. The van der Waals surface area contributed by atoms with Crippen LogP contribution in [0.2, 0.25) is 0 Å². The van der Waals surface area contributed by atoms with E-state index in [4.69, 9.17) is 9.47 Å². The standard InChI is InChI=1S/C16H25N3O5S/c1-16(2)10-13(12-9-11(23-3)5-6-14(12)24-16)19-15(20)17-7-8-18-25(4,21)22/h5-6,9,13,18H,7-8,10H2,1-4H3,(H2,17,19,20)/t13-/m0/s1. The van der Waals surface area contributed by atoms with Crippen molar-refractivity contribution in [3.63, 3.8) is 0 Å². The summed E-state index contributed by atoms with van der Waals surface area (Å²) in [7, 11) is -1.68. The number of carbonyl (C=O) groups is 1.